The van der Waals surface area contributed by atoms with Gasteiger partial charge in [-0.1, -0.05) is 46.3 Å². The minimum atomic E-state index is -0.377. The van der Waals surface area contributed by atoms with Crippen molar-refractivity contribution in [3.8, 4) is 0 Å². The van der Waals surface area contributed by atoms with E-state index in [0.717, 1.165) is 4.47 Å². The number of fused-ring (bicyclic) bond motifs is 2. The average molecular weight is 293 g/mol. The van der Waals surface area contributed by atoms with Gasteiger partial charge in [0.1, 0.15) is 11.6 Å². The van der Waals surface area contributed by atoms with E-state index >= 15 is 0 Å². The highest BCUT2D eigenvalue weighted by atomic mass is 79.9. The first kappa shape index (κ1) is 10.7. The van der Waals surface area contributed by atoms with Crippen LogP contribution in [0.15, 0.2) is 46.9 Å². The molecule has 0 saturated carbocycles. The molecule has 3 aromatic carbocycles. The number of benzene rings is 3. The predicted octanol–water partition coefficient (Wildman–Crippen LogP) is 5.03. The van der Waals surface area contributed by atoms with Crippen molar-refractivity contribution in [3.63, 3.8) is 0 Å². The Bertz CT molecular complexity index is 735. The van der Waals surface area contributed by atoms with Crippen LogP contribution in [-0.4, -0.2) is 0 Å². The maximum Gasteiger partial charge on any atom is 0.139 e. The lowest BCUT2D eigenvalue weighted by Crippen LogP contribution is -1.89. The summed E-state index contributed by atoms with van der Waals surface area (Å²) >= 11 is 3.27. The van der Waals surface area contributed by atoms with Gasteiger partial charge in [-0.05, 0) is 12.1 Å². The zero-order chi connectivity index (χ0) is 12.0. The Labute approximate surface area is 105 Å². The molecule has 0 bridgehead atoms. The van der Waals surface area contributed by atoms with Crippen LogP contribution in [0.4, 0.5) is 8.78 Å². The smallest absolute Gasteiger partial charge is 0.139 e. The van der Waals surface area contributed by atoms with Crippen LogP contribution in [-0.2, 0) is 0 Å². The molecule has 0 amide bonds. The molecule has 3 heteroatoms. The Morgan fingerprint density at radius 2 is 1.24 bits per heavy atom. The summed E-state index contributed by atoms with van der Waals surface area (Å²) in [5, 5.41) is 1.25. The molecule has 0 aliphatic rings. The van der Waals surface area contributed by atoms with Gasteiger partial charge in [0.25, 0.3) is 0 Å². The molecule has 84 valence electrons. The zero-order valence-corrected chi connectivity index (χ0v) is 10.3. The van der Waals surface area contributed by atoms with Crippen LogP contribution in [0.1, 0.15) is 0 Å². The number of hydrogen-bond acceptors (Lipinski definition) is 0. The van der Waals surface area contributed by atoms with Crippen molar-refractivity contribution < 1.29 is 8.78 Å². The summed E-state index contributed by atoms with van der Waals surface area (Å²) in [4.78, 5) is 0. The van der Waals surface area contributed by atoms with Gasteiger partial charge in [0, 0.05) is 26.0 Å². The van der Waals surface area contributed by atoms with Crippen molar-refractivity contribution in [1.29, 1.82) is 0 Å². The molecule has 0 radical (unpaired) electrons. The van der Waals surface area contributed by atoms with Gasteiger partial charge in [-0.15, -0.1) is 0 Å². The van der Waals surface area contributed by atoms with Crippen LogP contribution >= 0.6 is 15.9 Å². The summed E-state index contributed by atoms with van der Waals surface area (Å²) < 4.78 is 29.2. The van der Waals surface area contributed by atoms with E-state index in [-0.39, 0.29) is 11.6 Å². The fourth-order valence-corrected chi connectivity index (χ4v) is 2.41. The molecule has 0 aliphatic carbocycles. The third-order valence-electron chi connectivity index (χ3n) is 2.85. The van der Waals surface area contributed by atoms with Gasteiger partial charge in [0.15, 0.2) is 0 Å². The highest BCUT2D eigenvalue weighted by Crippen LogP contribution is 2.32. The van der Waals surface area contributed by atoms with E-state index in [1.807, 2.05) is 0 Å². The Morgan fingerprint density at radius 1 is 0.706 bits per heavy atom. The molecule has 0 heterocycles. The molecule has 0 saturated heterocycles. The third kappa shape index (κ3) is 1.53. The van der Waals surface area contributed by atoms with Gasteiger partial charge in [-0.25, -0.2) is 8.78 Å². The van der Waals surface area contributed by atoms with Crippen molar-refractivity contribution in [2.24, 2.45) is 0 Å². The summed E-state index contributed by atoms with van der Waals surface area (Å²) in [6.07, 6.45) is 0. The van der Waals surface area contributed by atoms with E-state index in [0.29, 0.717) is 21.5 Å². The molecular weight excluding hydrogens is 286 g/mol. The zero-order valence-electron chi connectivity index (χ0n) is 8.68. The molecule has 3 rings (SSSR count). The average Bonchev–Trinajstić information content (AvgIpc) is 2.36. The minimum absolute atomic E-state index is 0.301. The molecule has 0 spiro atoms. The Hall–Kier alpha value is -1.48. The molecule has 0 atom stereocenters. The van der Waals surface area contributed by atoms with E-state index in [2.05, 4.69) is 15.9 Å². The summed E-state index contributed by atoms with van der Waals surface area (Å²) in [7, 11) is 0. The molecule has 0 nitrogen and oxygen atoms in total. The fraction of sp³-hybridized carbons (Fsp3) is 0. The van der Waals surface area contributed by atoms with Crippen molar-refractivity contribution in [3.05, 3.63) is 58.6 Å². The number of halogens is 3. The largest absolute Gasteiger partial charge is 0.206 e. The van der Waals surface area contributed by atoms with Gasteiger partial charge < -0.3 is 0 Å². The highest BCUT2D eigenvalue weighted by Gasteiger charge is 2.13. The Balaban J connectivity index is 2.63. The van der Waals surface area contributed by atoms with Gasteiger partial charge in [0.2, 0.25) is 0 Å². The number of rotatable bonds is 0. The molecule has 3 aromatic rings. The lowest BCUT2D eigenvalue weighted by molar-refractivity contribution is 0.635. The minimum Gasteiger partial charge on any atom is -0.206 e. The quantitative estimate of drug-likeness (QED) is 0.510. The van der Waals surface area contributed by atoms with Crippen molar-refractivity contribution in [2.75, 3.05) is 0 Å². The van der Waals surface area contributed by atoms with Crippen LogP contribution in [0.2, 0.25) is 0 Å². The Morgan fingerprint density at radius 3 is 1.88 bits per heavy atom. The van der Waals surface area contributed by atoms with Crippen LogP contribution < -0.4 is 0 Å². The topological polar surface area (TPSA) is 0 Å². The molecule has 0 unspecified atom stereocenters. The first-order chi connectivity index (χ1) is 8.18. The van der Waals surface area contributed by atoms with E-state index in [9.17, 15) is 8.78 Å². The van der Waals surface area contributed by atoms with E-state index in [1.54, 1.807) is 42.5 Å². The van der Waals surface area contributed by atoms with Crippen molar-refractivity contribution >= 4 is 37.5 Å². The van der Waals surface area contributed by atoms with E-state index < -0.39 is 0 Å². The van der Waals surface area contributed by atoms with Crippen LogP contribution in [0.25, 0.3) is 21.5 Å². The Kier molecular flexibility index (Phi) is 2.37. The van der Waals surface area contributed by atoms with Gasteiger partial charge >= 0.3 is 0 Å². The second-order valence-corrected chi connectivity index (χ2v) is 4.78. The van der Waals surface area contributed by atoms with Crippen molar-refractivity contribution in [2.45, 2.75) is 0 Å². The SMILES string of the molecule is Fc1c2ccccc2c(F)c2cc(Br)ccc12. The standard InChI is InChI=1S/C14H7BrF2/c15-8-5-6-11-12(7-8)14(17)10-4-2-1-3-9(10)13(11)16/h1-7H. The van der Waals surface area contributed by atoms with Gasteiger partial charge in [-0.3, -0.25) is 0 Å². The first-order valence-corrected chi connectivity index (χ1v) is 5.93. The lowest BCUT2D eigenvalue weighted by Gasteiger charge is -2.07. The van der Waals surface area contributed by atoms with E-state index in [1.165, 1.54) is 0 Å². The highest BCUT2D eigenvalue weighted by molar-refractivity contribution is 9.10. The molecule has 0 fully saturated rings. The second-order valence-electron chi connectivity index (χ2n) is 3.86. The van der Waals surface area contributed by atoms with E-state index in [4.69, 9.17) is 0 Å². The predicted molar refractivity (Wildman–Crippen MR) is 69.1 cm³/mol. The van der Waals surface area contributed by atoms with Crippen LogP contribution in [0, 0.1) is 11.6 Å². The molecule has 0 aliphatic heterocycles. The van der Waals surface area contributed by atoms with Crippen LogP contribution in [0.5, 0.6) is 0 Å². The summed E-state index contributed by atoms with van der Waals surface area (Å²) in [6.45, 7) is 0. The molecule has 0 aromatic heterocycles. The first-order valence-electron chi connectivity index (χ1n) is 5.13. The van der Waals surface area contributed by atoms with Crippen molar-refractivity contribution in [1.82, 2.24) is 0 Å². The number of hydrogen-bond donors (Lipinski definition) is 0. The lowest BCUT2D eigenvalue weighted by atomic mass is 10.0. The van der Waals surface area contributed by atoms with Gasteiger partial charge in [-0.2, -0.15) is 0 Å². The second kappa shape index (κ2) is 3.77. The summed E-state index contributed by atoms with van der Waals surface area (Å²) in [6, 6.07) is 11.5. The van der Waals surface area contributed by atoms with Crippen LogP contribution in [0.3, 0.4) is 0 Å². The monoisotopic (exact) mass is 292 g/mol. The molecular formula is C14H7BrF2. The van der Waals surface area contributed by atoms with Gasteiger partial charge in [0.05, 0.1) is 0 Å². The normalized spacial score (nSPS) is 11.2. The fourth-order valence-electron chi connectivity index (χ4n) is 2.05. The maximum atomic E-state index is 14.2. The molecule has 17 heavy (non-hydrogen) atoms. The maximum absolute atomic E-state index is 14.2. The third-order valence-corrected chi connectivity index (χ3v) is 3.35. The summed E-state index contributed by atoms with van der Waals surface area (Å²) in [5.74, 6) is -0.747. The molecule has 0 N–H and O–H groups in total. The summed E-state index contributed by atoms with van der Waals surface area (Å²) in [5.41, 5.74) is 0.